The fraction of sp³-hybridized carbons (Fsp3) is 0.300. The number of aryl methyl sites for hydroxylation is 2. The SMILES string of the molecule is COCC(=O)N(Cc1ccco1)Cc1cc2cc(C)cc(C)c2nc1Cl. The lowest BCUT2D eigenvalue weighted by atomic mass is 10.1. The van der Waals surface area contributed by atoms with E-state index in [1.54, 1.807) is 17.2 Å². The molecule has 0 aliphatic rings. The van der Waals surface area contributed by atoms with Gasteiger partial charge in [0.05, 0.1) is 18.3 Å². The first-order valence-electron chi connectivity index (χ1n) is 8.33. The number of carbonyl (C=O) groups is 1. The quantitative estimate of drug-likeness (QED) is 0.606. The van der Waals surface area contributed by atoms with Crippen LogP contribution in [0.3, 0.4) is 0 Å². The van der Waals surface area contributed by atoms with E-state index in [1.165, 1.54) is 7.11 Å². The summed E-state index contributed by atoms with van der Waals surface area (Å²) >= 11 is 6.42. The summed E-state index contributed by atoms with van der Waals surface area (Å²) in [6.45, 7) is 4.74. The van der Waals surface area contributed by atoms with Crippen molar-refractivity contribution in [1.29, 1.82) is 0 Å². The molecule has 136 valence electrons. The van der Waals surface area contributed by atoms with Crippen LogP contribution in [0, 0.1) is 13.8 Å². The molecule has 3 rings (SSSR count). The first kappa shape index (κ1) is 18.4. The summed E-state index contributed by atoms with van der Waals surface area (Å²) in [4.78, 5) is 18.6. The molecule has 0 bridgehead atoms. The van der Waals surface area contributed by atoms with Crippen LogP contribution in [0.2, 0.25) is 5.15 Å². The van der Waals surface area contributed by atoms with Crippen LogP contribution in [0.15, 0.2) is 41.0 Å². The fourth-order valence-electron chi connectivity index (χ4n) is 3.03. The maximum Gasteiger partial charge on any atom is 0.249 e. The van der Waals surface area contributed by atoms with E-state index in [2.05, 4.69) is 17.1 Å². The van der Waals surface area contributed by atoms with Crippen LogP contribution in [-0.2, 0) is 22.6 Å². The van der Waals surface area contributed by atoms with Crippen LogP contribution >= 0.6 is 11.6 Å². The molecule has 0 fully saturated rings. The zero-order valence-electron chi connectivity index (χ0n) is 15.1. The van der Waals surface area contributed by atoms with E-state index in [4.69, 9.17) is 20.8 Å². The van der Waals surface area contributed by atoms with Gasteiger partial charge in [-0.1, -0.05) is 23.2 Å². The summed E-state index contributed by atoms with van der Waals surface area (Å²) in [5, 5.41) is 1.41. The number of furan rings is 1. The number of pyridine rings is 1. The molecule has 0 radical (unpaired) electrons. The Morgan fingerprint density at radius 3 is 2.77 bits per heavy atom. The maximum atomic E-state index is 12.5. The molecule has 0 N–H and O–H groups in total. The highest BCUT2D eigenvalue weighted by Crippen LogP contribution is 2.26. The number of benzene rings is 1. The average molecular weight is 373 g/mol. The zero-order valence-corrected chi connectivity index (χ0v) is 15.8. The van der Waals surface area contributed by atoms with Crippen LogP contribution in [0.1, 0.15) is 22.5 Å². The van der Waals surface area contributed by atoms with E-state index < -0.39 is 0 Å². The molecular weight excluding hydrogens is 352 g/mol. The van der Waals surface area contributed by atoms with Crippen molar-refractivity contribution in [1.82, 2.24) is 9.88 Å². The van der Waals surface area contributed by atoms with Crippen molar-refractivity contribution < 1.29 is 13.9 Å². The van der Waals surface area contributed by atoms with Crippen molar-refractivity contribution >= 4 is 28.4 Å². The van der Waals surface area contributed by atoms with Gasteiger partial charge in [-0.15, -0.1) is 0 Å². The van der Waals surface area contributed by atoms with Crippen LogP contribution in [0.25, 0.3) is 10.9 Å². The minimum atomic E-state index is -0.138. The first-order chi connectivity index (χ1) is 12.5. The number of aromatic nitrogens is 1. The van der Waals surface area contributed by atoms with E-state index in [0.717, 1.165) is 27.6 Å². The Kier molecular flexibility index (Phi) is 5.59. The number of rotatable bonds is 6. The molecule has 0 saturated heterocycles. The van der Waals surface area contributed by atoms with Gasteiger partial charge in [-0.25, -0.2) is 4.98 Å². The molecule has 3 aromatic rings. The van der Waals surface area contributed by atoms with E-state index in [-0.39, 0.29) is 12.5 Å². The summed E-state index contributed by atoms with van der Waals surface area (Å²) < 4.78 is 10.4. The Balaban J connectivity index is 1.94. The summed E-state index contributed by atoms with van der Waals surface area (Å²) in [6, 6.07) is 9.78. The summed E-state index contributed by atoms with van der Waals surface area (Å²) in [5.74, 6) is 0.562. The monoisotopic (exact) mass is 372 g/mol. The highest BCUT2D eigenvalue weighted by Gasteiger charge is 2.18. The van der Waals surface area contributed by atoms with Crippen molar-refractivity contribution in [3.8, 4) is 0 Å². The molecule has 0 saturated carbocycles. The standard InChI is InChI=1S/C20H21ClN2O3/c1-13-7-14(2)19-15(8-13)9-16(20(21)22-19)10-23(18(24)12-25-3)11-17-5-4-6-26-17/h4-9H,10-12H2,1-3H3. The van der Waals surface area contributed by atoms with Gasteiger partial charge >= 0.3 is 0 Å². The lowest BCUT2D eigenvalue weighted by molar-refractivity contribution is -0.136. The van der Waals surface area contributed by atoms with Gasteiger partial charge in [0.2, 0.25) is 5.91 Å². The largest absolute Gasteiger partial charge is 0.467 e. The number of amides is 1. The van der Waals surface area contributed by atoms with E-state index >= 15 is 0 Å². The number of nitrogens with zero attached hydrogens (tertiary/aromatic N) is 2. The molecule has 26 heavy (non-hydrogen) atoms. The Hall–Kier alpha value is -2.37. The van der Waals surface area contributed by atoms with Gasteiger partial charge in [0.15, 0.2) is 0 Å². The number of hydrogen-bond acceptors (Lipinski definition) is 4. The number of halogens is 1. The smallest absolute Gasteiger partial charge is 0.249 e. The molecule has 0 spiro atoms. The molecule has 0 aliphatic carbocycles. The number of fused-ring (bicyclic) bond motifs is 1. The van der Waals surface area contributed by atoms with Crippen molar-refractivity contribution in [3.05, 3.63) is 64.2 Å². The van der Waals surface area contributed by atoms with Crippen LogP contribution < -0.4 is 0 Å². The predicted molar refractivity (Wildman–Crippen MR) is 101 cm³/mol. The highest BCUT2D eigenvalue weighted by atomic mass is 35.5. The minimum Gasteiger partial charge on any atom is -0.467 e. The minimum absolute atomic E-state index is 0.00243. The topological polar surface area (TPSA) is 55.6 Å². The van der Waals surface area contributed by atoms with Gasteiger partial charge in [-0.2, -0.15) is 0 Å². The molecule has 6 heteroatoms. The summed E-state index contributed by atoms with van der Waals surface area (Å²) in [6.07, 6.45) is 1.59. The van der Waals surface area contributed by atoms with Crippen molar-refractivity contribution in [2.75, 3.05) is 13.7 Å². The van der Waals surface area contributed by atoms with Crippen molar-refractivity contribution in [2.24, 2.45) is 0 Å². The third-order valence-electron chi connectivity index (χ3n) is 4.19. The van der Waals surface area contributed by atoms with E-state index in [1.807, 2.05) is 26.0 Å². The number of hydrogen-bond donors (Lipinski definition) is 0. The van der Waals surface area contributed by atoms with Gasteiger partial charge in [0.25, 0.3) is 0 Å². The average Bonchev–Trinajstić information content (AvgIpc) is 3.09. The predicted octanol–water partition coefficient (Wildman–Crippen LogP) is 4.27. The molecule has 5 nitrogen and oxygen atoms in total. The molecule has 1 aromatic carbocycles. The zero-order chi connectivity index (χ0) is 18.7. The normalized spacial score (nSPS) is 11.1. The van der Waals surface area contributed by atoms with Gasteiger partial charge in [-0.3, -0.25) is 4.79 Å². The second-order valence-corrected chi connectivity index (χ2v) is 6.71. The molecule has 0 unspecified atom stereocenters. The molecule has 2 heterocycles. The maximum absolute atomic E-state index is 12.5. The van der Waals surface area contributed by atoms with Crippen molar-refractivity contribution in [2.45, 2.75) is 26.9 Å². The fourth-order valence-corrected chi connectivity index (χ4v) is 3.23. The van der Waals surface area contributed by atoms with Gasteiger partial charge in [0.1, 0.15) is 17.5 Å². The lowest BCUT2D eigenvalue weighted by Gasteiger charge is -2.22. The Labute approximate surface area is 157 Å². The van der Waals surface area contributed by atoms with Gasteiger partial charge in [0, 0.05) is 24.6 Å². The second-order valence-electron chi connectivity index (χ2n) is 6.35. The Morgan fingerprint density at radius 2 is 2.08 bits per heavy atom. The number of ether oxygens (including phenoxy) is 1. The summed E-state index contributed by atoms with van der Waals surface area (Å²) in [7, 11) is 1.50. The first-order valence-corrected chi connectivity index (χ1v) is 8.71. The molecule has 0 aliphatic heterocycles. The summed E-state index contributed by atoms with van der Waals surface area (Å²) in [5.41, 5.74) is 3.91. The van der Waals surface area contributed by atoms with Crippen LogP contribution in [0.5, 0.6) is 0 Å². The van der Waals surface area contributed by atoms with Gasteiger partial charge < -0.3 is 14.1 Å². The molecule has 2 aromatic heterocycles. The van der Waals surface area contributed by atoms with Crippen LogP contribution in [0.4, 0.5) is 0 Å². The molecule has 0 atom stereocenters. The van der Waals surface area contributed by atoms with E-state index in [0.29, 0.717) is 24.0 Å². The third-order valence-corrected chi connectivity index (χ3v) is 4.51. The molecular formula is C20H21ClN2O3. The van der Waals surface area contributed by atoms with Crippen LogP contribution in [-0.4, -0.2) is 29.5 Å². The van der Waals surface area contributed by atoms with E-state index in [9.17, 15) is 4.79 Å². The Morgan fingerprint density at radius 1 is 1.27 bits per heavy atom. The van der Waals surface area contributed by atoms with Crippen molar-refractivity contribution in [3.63, 3.8) is 0 Å². The second kappa shape index (κ2) is 7.89. The highest BCUT2D eigenvalue weighted by molar-refractivity contribution is 6.30. The number of methoxy groups -OCH3 is 1. The third kappa shape index (κ3) is 4.06. The van der Waals surface area contributed by atoms with Gasteiger partial charge in [-0.05, 0) is 43.7 Å². The lowest BCUT2D eigenvalue weighted by Crippen LogP contribution is -2.33. The number of carbonyl (C=O) groups excluding carboxylic acids is 1. The molecule has 1 amide bonds. The Bertz CT molecular complexity index is 922.